The summed E-state index contributed by atoms with van der Waals surface area (Å²) in [5.74, 6) is 0.749. The molecule has 1 aliphatic rings. The van der Waals surface area contributed by atoms with Gasteiger partial charge in [0.1, 0.15) is 0 Å². The average Bonchev–Trinajstić information content (AvgIpc) is 2.95. The molecule has 0 radical (unpaired) electrons. The lowest BCUT2D eigenvalue weighted by atomic mass is 10.3. The Kier molecular flexibility index (Phi) is 3.56. The number of hydrogen-bond donors (Lipinski definition) is 1. The van der Waals surface area contributed by atoms with Crippen LogP contribution in [0.2, 0.25) is 0 Å². The van der Waals surface area contributed by atoms with E-state index in [0.717, 1.165) is 12.5 Å². The van der Waals surface area contributed by atoms with Crippen molar-refractivity contribution < 1.29 is 9.53 Å². The van der Waals surface area contributed by atoms with E-state index in [-0.39, 0.29) is 5.91 Å². The van der Waals surface area contributed by atoms with Crippen molar-refractivity contribution in [3.05, 3.63) is 18.0 Å². The minimum Gasteiger partial charge on any atom is -0.379 e. The van der Waals surface area contributed by atoms with E-state index in [1.54, 1.807) is 18.1 Å². The summed E-state index contributed by atoms with van der Waals surface area (Å²) < 4.78 is 5.48. The number of rotatable bonds is 6. The highest BCUT2D eigenvalue weighted by Gasteiger charge is 2.21. The van der Waals surface area contributed by atoms with E-state index < -0.39 is 0 Å². The van der Waals surface area contributed by atoms with Gasteiger partial charge in [-0.2, -0.15) is 5.10 Å². The Labute approximate surface area is 94.8 Å². The molecule has 1 N–H and O–H groups in total. The van der Waals surface area contributed by atoms with Crippen LogP contribution in [0.15, 0.2) is 12.4 Å². The van der Waals surface area contributed by atoms with Gasteiger partial charge in [0.05, 0.1) is 18.4 Å². The van der Waals surface area contributed by atoms with E-state index in [2.05, 4.69) is 10.2 Å². The second-order valence-corrected chi connectivity index (χ2v) is 4.23. The Morgan fingerprint density at radius 3 is 3.12 bits per heavy atom. The molecule has 16 heavy (non-hydrogen) atoms. The van der Waals surface area contributed by atoms with Gasteiger partial charge in [0.2, 0.25) is 0 Å². The second-order valence-electron chi connectivity index (χ2n) is 4.23. The molecule has 0 spiro atoms. The number of likely N-dealkylation sites (N-methyl/N-ethyl adjacent to an activating group) is 1. The molecule has 1 heterocycles. The topological polar surface area (TPSA) is 58.2 Å². The van der Waals surface area contributed by atoms with E-state index >= 15 is 0 Å². The van der Waals surface area contributed by atoms with E-state index in [1.807, 2.05) is 0 Å². The third-order valence-corrected chi connectivity index (χ3v) is 2.71. The predicted molar refractivity (Wildman–Crippen MR) is 59.1 cm³/mol. The highest BCUT2D eigenvalue weighted by molar-refractivity contribution is 5.93. The molecular formula is C11H17N3O2. The van der Waals surface area contributed by atoms with Crippen molar-refractivity contribution in [1.29, 1.82) is 0 Å². The van der Waals surface area contributed by atoms with Gasteiger partial charge in [-0.25, -0.2) is 0 Å². The summed E-state index contributed by atoms with van der Waals surface area (Å²) in [6.45, 7) is 2.07. The summed E-state index contributed by atoms with van der Waals surface area (Å²) in [4.78, 5) is 13.4. The van der Waals surface area contributed by atoms with Gasteiger partial charge in [0.15, 0.2) is 0 Å². The number of carbonyl (C=O) groups is 1. The van der Waals surface area contributed by atoms with Crippen LogP contribution in [0.25, 0.3) is 0 Å². The number of hydrogen-bond acceptors (Lipinski definition) is 3. The Morgan fingerprint density at radius 1 is 1.69 bits per heavy atom. The summed E-state index contributed by atoms with van der Waals surface area (Å²) in [5, 5.41) is 6.38. The molecule has 1 fully saturated rings. The lowest BCUT2D eigenvalue weighted by molar-refractivity contribution is 0.0681. The van der Waals surface area contributed by atoms with Crippen molar-refractivity contribution in [2.24, 2.45) is 5.92 Å². The van der Waals surface area contributed by atoms with Crippen LogP contribution in [-0.2, 0) is 4.74 Å². The van der Waals surface area contributed by atoms with Crippen LogP contribution in [0.1, 0.15) is 23.2 Å². The molecule has 1 aliphatic carbocycles. The minimum absolute atomic E-state index is 0.0243. The average molecular weight is 223 g/mol. The van der Waals surface area contributed by atoms with Gasteiger partial charge in [-0.1, -0.05) is 0 Å². The van der Waals surface area contributed by atoms with Gasteiger partial charge in [-0.3, -0.25) is 9.89 Å². The van der Waals surface area contributed by atoms with Crippen molar-refractivity contribution >= 4 is 5.91 Å². The Balaban J connectivity index is 1.66. The molecule has 88 valence electrons. The standard InChI is InChI=1S/C11H17N3O2/c1-14(4-5-16-8-9-2-3-9)11(15)10-6-12-13-7-10/h6-7,9H,2-5,8H2,1H3,(H,12,13). The first kappa shape index (κ1) is 11.1. The Morgan fingerprint density at radius 2 is 2.50 bits per heavy atom. The Bertz CT molecular complexity index is 333. The number of H-pyrrole nitrogens is 1. The van der Waals surface area contributed by atoms with E-state index in [0.29, 0.717) is 18.7 Å². The first-order chi connectivity index (χ1) is 7.77. The zero-order valence-corrected chi connectivity index (χ0v) is 9.48. The number of aromatic amines is 1. The van der Waals surface area contributed by atoms with Crippen LogP contribution in [0, 0.1) is 5.92 Å². The van der Waals surface area contributed by atoms with Gasteiger partial charge in [-0.15, -0.1) is 0 Å². The van der Waals surface area contributed by atoms with Crippen LogP contribution in [0.4, 0.5) is 0 Å². The fraction of sp³-hybridized carbons (Fsp3) is 0.636. The maximum Gasteiger partial charge on any atom is 0.256 e. The van der Waals surface area contributed by atoms with Crippen molar-refractivity contribution in [3.63, 3.8) is 0 Å². The molecule has 0 atom stereocenters. The summed E-state index contributed by atoms with van der Waals surface area (Å²) in [6.07, 6.45) is 5.72. The maximum absolute atomic E-state index is 11.8. The fourth-order valence-electron chi connectivity index (χ4n) is 1.43. The molecule has 0 saturated heterocycles. The highest BCUT2D eigenvalue weighted by Crippen LogP contribution is 2.28. The molecule has 1 aromatic rings. The first-order valence-corrected chi connectivity index (χ1v) is 5.59. The van der Waals surface area contributed by atoms with Crippen molar-refractivity contribution in [2.75, 3.05) is 26.8 Å². The lowest BCUT2D eigenvalue weighted by Crippen LogP contribution is -2.30. The summed E-state index contributed by atoms with van der Waals surface area (Å²) in [7, 11) is 1.77. The summed E-state index contributed by atoms with van der Waals surface area (Å²) >= 11 is 0. The molecule has 5 heteroatoms. The van der Waals surface area contributed by atoms with Gasteiger partial charge in [0, 0.05) is 26.4 Å². The van der Waals surface area contributed by atoms with Crippen LogP contribution in [-0.4, -0.2) is 47.8 Å². The fourth-order valence-corrected chi connectivity index (χ4v) is 1.43. The van der Waals surface area contributed by atoms with Crippen LogP contribution in [0.5, 0.6) is 0 Å². The lowest BCUT2D eigenvalue weighted by Gasteiger charge is -2.15. The summed E-state index contributed by atoms with van der Waals surface area (Å²) in [6, 6.07) is 0. The van der Waals surface area contributed by atoms with Crippen molar-refractivity contribution in [3.8, 4) is 0 Å². The Hall–Kier alpha value is -1.36. The normalized spacial score (nSPS) is 15.1. The van der Waals surface area contributed by atoms with Gasteiger partial charge in [-0.05, 0) is 18.8 Å². The number of nitrogens with zero attached hydrogens (tertiary/aromatic N) is 2. The van der Waals surface area contributed by atoms with E-state index in [4.69, 9.17) is 4.74 Å². The third-order valence-electron chi connectivity index (χ3n) is 2.71. The molecule has 0 aliphatic heterocycles. The van der Waals surface area contributed by atoms with Gasteiger partial charge < -0.3 is 9.64 Å². The zero-order valence-electron chi connectivity index (χ0n) is 9.48. The van der Waals surface area contributed by atoms with Gasteiger partial charge >= 0.3 is 0 Å². The van der Waals surface area contributed by atoms with Crippen molar-refractivity contribution in [2.45, 2.75) is 12.8 Å². The number of carbonyl (C=O) groups excluding carboxylic acids is 1. The monoisotopic (exact) mass is 223 g/mol. The van der Waals surface area contributed by atoms with Crippen LogP contribution in [0.3, 0.4) is 0 Å². The molecule has 1 saturated carbocycles. The molecule has 1 amide bonds. The summed E-state index contributed by atoms with van der Waals surface area (Å²) in [5.41, 5.74) is 0.588. The quantitative estimate of drug-likeness (QED) is 0.729. The first-order valence-electron chi connectivity index (χ1n) is 5.59. The predicted octanol–water partition coefficient (Wildman–Crippen LogP) is 0.908. The maximum atomic E-state index is 11.8. The zero-order chi connectivity index (χ0) is 11.4. The molecule has 0 bridgehead atoms. The number of amides is 1. The largest absolute Gasteiger partial charge is 0.379 e. The third kappa shape index (κ3) is 3.06. The van der Waals surface area contributed by atoms with E-state index in [1.165, 1.54) is 19.0 Å². The van der Waals surface area contributed by atoms with Gasteiger partial charge in [0.25, 0.3) is 5.91 Å². The SMILES string of the molecule is CN(CCOCC1CC1)C(=O)c1cn[nH]c1. The molecule has 5 nitrogen and oxygen atoms in total. The number of aromatic nitrogens is 2. The molecule has 2 rings (SSSR count). The smallest absolute Gasteiger partial charge is 0.256 e. The van der Waals surface area contributed by atoms with Crippen molar-refractivity contribution in [1.82, 2.24) is 15.1 Å². The van der Waals surface area contributed by atoms with Crippen LogP contribution >= 0.6 is 0 Å². The van der Waals surface area contributed by atoms with Crippen LogP contribution < -0.4 is 0 Å². The minimum atomic E-state index is -0.0243. The molecule has 1 aromatic heterocycles. The van der Waals surface area contributed by atoms with E-state index in [9.17, 15) is 4.79 Å². The molecule has 0 aromatic carbocycles. The molecular weight excluding hydrogens is 206 g/mol. The number of nitrogens with one attached hydrogen (secondary N) is 1. The highest BCUT2D eigenvalue weighted by atomic mass is 16.5. The number of ether oxygens (including phenoxy) is 1. The second kappa shape index (κ2) is 5.12. The molecule has 0 unspecified atom stereocenters.